The molecule has 0 radical (unpaired) electrons. The van der Waals surface area contributed by atoms with Crippen molar-refractivity contribution in [2.45, 2.75) is 18.0 Å². The predicted molar refractivity (Wildman–Crippen MR) is 141 cm³/mol. The molecule has 14 heteroatoms. The molecular weight excluding hydrogens is 532 g/mol. The number of aromatic nitrogens is 2. The summed E-state index contributed by atoms with van der Waals surface area (Å²) in [5.74, 6) is -2.37. The molecule has 1 fully saturated rings. The van der Waals surface area contributed by atoms with E-state index in [1.807, 2.05) is 23.0 Å². The van der Waals surface area contributed by atoms with Crippen LogP contribution in [0.2, 0.25) is 0 Å². The first kappa shape index (κ1) is 25.2. The molecular formula is C24H20N6O6S2. The van der Waals surface area contributed by atoms with Crippen molar-refractivity contribution in [2.24, 2.45) is 5.16 Å². The molecule has 3 aliphatic heterocycles. The largest absolute Gasteiger partial charge is 0.477 e. The number of benzene rings is 1. The van der Waals surface area contributed by atoms with E-state index < -0.39 is 34.9 Å². The molecule has 12 nitrogen and oxygen atoms in total. The molecule has 194 valence electrons. The number of nitrogens with one attached hydrogen (secondary N) is 1. The Balaban J connectivity index is 1.30. The Hall–Kier alpha value is -4.43. The Morgan fingerprint density at radius 3 is 2.79 bits per heavy atom. The minimum atomic E-state index is -1.25. The average Bonchev–Trinajstić information content (AvgIpc) is 3.32. The number of amides is 2. The Morgan fingerprint density at radius 1 is 1.26 bits per heavy atom. The number of pyridine rings is 1. The lowest BCUT2D eigenvalue weighted by molar-refractivity contribution is -0.150. The van der Waals surface area contributed by atoms with Crippen LogP contribution in [0.3, 0.4) is 0 Å². The maximum absolute atomic E-state index is 12.9. The SMILES string of the molecule is Nc1nc(/C(=N/O)C(=O)NC2C(=O)N3C(C(=O)O)=C(/C=C/Cn4ccc5cc(=O)ccc-5c4)CSC23)cs1. The molecule has 2 unspecified atom stereocenters. The van der Waals surface area contributed by atoms with Crippen molar-refractivity contribution in [3.63, 3.8) is 0 Å². The molecule has 2 atom stereocenters. The second kappa shape index (κ2) is 10.1. The highest BCUT2D eigenvalue weighted by atomic mass is 32.2. The van der Waals surface area contributed by atoms with E-state index in [9.17, 15) is 29.5 Å². The monoisotopic (exact) mass is 552 g/mol. The lowest BCUT2D eigenvalue weighted by Crippen LogP contribution is -2.71. The number of anilines is 1. The third-order valence-corrected chi connectivity index (χ3v) is 7.99. The van der Waals surface area contributed by atoms with Gasteiger partial charge in [-0.05, 0) is 41.0 Å². The van der Waals surface area contributed by atoms with Crippen molar-refractivity contribution >= 4 is 51.7 Å². The third-order valence-electron chi connectivity index (χ3n) is 6.01. The number of carbonyl (C=O) groups is 3. The number of aliphatic carboxylic acids is 1. The number of carboxylic acids is 1. The second-order valence-electron chi connectivity index (χ2n) is 8.39. The predicted octanol–water partition coefficient (Wildman–Crippen LogP) is 1.17. The van der Waals surface area contributed by atoms with E-state index in [1.165, 1.54) is 23.2 Å². The number of carbonyl (C=O) groups excluding carboxylic acids is 2. The number of allylic oxidation sites excluding steroid dienone is 2. The van der Waals surface area contributed by atoms with Crippen LogP contribution in [-0.2, 0) is 20.9 Å². The normalized spacial score (nSPS) is 19.5. The molecule has 0 saturated carbocycles. The molecule has 5 N–H and O–H groups in total. The number of hydrogen-bond acceptors (Lipinski definition) is 10. The number of rotatable bonds is 7. The number of nitrogens with two attached hydrogens (primary N) is 1. The summed E-state index contributed by atoms with van der Waals surface area (Å²) in [6.07, 6.45) is 7.17. The lowest BCUT2D eigenvalue weighted by atomic mass is 10.0. The molecule has 38 heavy (non-hydrogen) atoms. The van der Waals surface area contributed by atoms with Crippen molar-refractivity contribution in [2.75, 3.05) is 11.5 Å². The van der Waals surface area contributed by atoms with E-state index >= 15 is 0 Å². The number of thioether (sulfide) groups is 1. The van der Waals surface area contributed by atoms with E-state index in [0.29, 0.717) is 17.9 Å². The second-order valence-corrected chi connectivity index (χ2v) is 10.4. The Bertz CT molecular complexity index is 1570. The molecule has 0 aromatic carbocycles. The van der Waals surface area contributed by atoms with Gasteiger partial charge in [0.25, 0.3) is 11.8 Å². The van der Waals surface area contributed by atoms with Crippen LogP contribution in [0.5, 0.6) is 0 Å². The Labute approximate surface area is 223 Å². The summed E-state index contributed by atoms with van der Waals surface area (Å²) < 4.78 is 1.89. The zero-order chi connectivity index (χ0) is 27.0. The maximum Gasteiger partial charge on any atom is 0.352 e. The van der Waals surface area contributed by atoms with Crippen LogP contribution in [0.1, 0.15) is 5.69 Å². The molecule has 0 spiro atoms. The standard InChI is InChI=1S/C24H20N6O6S2/c25-24-26-16(11-38-24)17(28-36)20(32)27-18-21(33)30-19(23(34)35)14(10-37-22(18)30)2-1-6-29-7-5-12-8-15(31)4-3-13(12)9-29/h1-5,7-9,11,18,22,36H,6,10H2,(H2,25,26)(H,27,32)(H,34,35)/b2-1+,28-17-. The third kappa shape index (κ3) is 4.66. The van der Waals surface area contributed by atoms with Crippen molar-refractivity contribution in [3.8, 4) is 11.1 Å². The maximum atomic E-state index is 12.9. The number of nitrogens with zero attached hydrogens (tertiary/aromatic N) is 4. The van der Waals surface area contributed by atoms with Gasteiger partial charge < -0.3 is 25.9 Å². The average molecular weight is 553 g/mol. The van der Waals surface area contributed by atoms with E-state index in [-0.39, 0.29) is 22.0 Å². The van der Waals surface area contributed by atoms with Gasteiger partial charge in [0.15, 0.2) is 16.3 Å². The Morgan fingerprint density at radius 2 is 2.08 bits per heavy atom. The van der Waals surface area contributed by atoms with Gasteiger partial charge in [-0.2, -0.15) is 0 Å². The van der Waals surface area contributed by atoms with Crippen LogP contribution in [0, 0.1) is 0 Å². The highest BCUT2D eigenvalue weighted by Gasteiger charge is 2.54. The van der Waals surface area contributed by atoms with E-state index in [0.717, 1.165) is 27.4 Å². The molecule has 4 aliphatic rings. The summed E-state index contributed by atoms with van der Waals surface area (Å²) in [5, 5.41) is 25.6. The number of carboxylic acid groups (broad SMARTS) is 1. The summed E-state index contributed by atoms with van der Waals surface area (Å²) in [6, 6.07) is 5.63. The zero-order valence-electron chi connectivity index (χ0n) is 19.5. The van der Waals surface area contributed by atoms with Crippen LogP contribution in [-0.4, -0.2) is 65.4 Å². The number of hydrogen-bond donors (Lipinski definition) is 4. The van der Waals surface area contributed by atoms with Crippen LogP contribution in [0.4, 0.5) is 5.13 Å². The van der Waals surface area contributed by atoms with Crippen LogP contribution in [0.25, 0.3) is 11.1 Å². The fraction of sp³-hybridized carbons (Fsp3) is 0.167. The molecule has 1 aromatic heterocycles. The number of oxime groups is 1. The zero-order valence-corrected chi connectivity index (χ0v) is 21.1. The number of fused-ring (bicyclic) bond motifs is 2. The topological polar surface area (TPSA) is 180 Å². The molecule has 4 heterocycles. The van der Waals surface area contributed by atoms with Gasteiger partial charge in [0, 0.05) is 30.1 Å². The summed E-state index contributed by atoms with van der Waals surface area (Å²) in [5.41, 5.74) is 7.21. The minimum absolute atomic E-state index is 0.0606. The summed E-state index contributed by atoms with van der Waals surface area (Å²) >= 11 is 2.37. The fourth-order valence-electron chi connectivity index (χ4n) is 4.23. The molecule has 1 aromatic rings. The highest BCUT2D eigenvalue weighted by molar-refractivity contribution is 8.00. The van der Waals surface area contributed by atoms with E-state index in [1.54, 1.807) is 24.3 Å². The fourth-order valence-corrected chi connectivity index (χ4v) is 6.10. The van der Waals surface area contributed by atoms with Gasteiger partial charge in [0.2, 0.25) is 0 Å². The number of β-lactam (4-membered cyclic amide) rings is 1. The summed E-state index contributed by atoms with van der Waals surface area (Å²) in [6.45, 7) is 0.441. The van der Waals surface area contributed by atoms with Crippen molar-refractivity contribution < 1.29 is 24.7 Å². The van der Waals surface area contributed by atoms with Gasteiger partial charge in [0.05, 0.1) is 0 Å². The molecule has 1 saturated heterocycles. The van der Waals surface area contributed by atoms with Gasteiger partial charge in [-0.15, -0.1) is 23.1 Å². The quantitative estimate of drug-likeness (QED) is 0.145. The van der Waals surface area contributed by atoms with Crippen molar-refractivity contribution in [1.29, 1.82) is 0 Å². The summed E-state index contributed by atoms with van der Waals surface area (Å²) in [7, 11) is 0. The first-order chi connectivity index (χ1) is 18.3. The van der Waals surface area contributed by atoms with Gasteiger partial charge in [0.1, 0.15) is 22.8 Å². The van der Waals surface area contributed by atoms with Crippen molar-refractivity contribution in [1.82, 2.24) is 19.8 Å². The van der Waals surface area contributed by atoms with Crippen LogP contribution in [0.15, 0.2) is 75.4 Å². The molecule has 2 amide bonds. The van der Waals surface area contributed by atoms with Crippen LogP contribution < -0.4 is 16.5 Å². The van der Waals surface area contributed by atoms with Crippen LogP contribution >= 0.6 is 23.1 Å². The molecule has 0 bridgehead atoms. The number of nitrogen functional groups attached to an aromatic ring is 1. The minimum Gasteiger partial charge on any atom is -0.477 e. The molecule has 1 aliphatic carbocycles. The smallest absolute Gasteiger partial charge is 0.352 e. The van der Waals surface area contributed by atoms with E-state index in [2.05, 4.69) is 15.5 Å². The van der Waals surface area contributed by atoms with Gasteiger partial charge in [-0.1, -0.05) is 17.3 Å². The van der Waals surface area contributed by atoms with Gasteiger partial charge >= 0.3 is 5.97 Å². The van der Waals surface area contributed by atoms with E-state index in [4.69, 9.17) is 5.73 Å². The van der Waals surface area contributed by atoms with Crippen molar-refractivity contribution in [3.05, 3.63) is 81.4 Å². The van der Waals surface area contributed by atoms with Gasteiger partial charge in [-0.3, -0.25) is 19.3 Å². The highest BCUT2D eigenvalue weighted by Crippen LogP contribution is 2.40. The summed E-state index contributed by atoms with van der Waals surface area (Å²) in [4.78, 5) is 54.2. The first-order valence-electron chi connectivity index (χ1n) is 11.2. The number of thiazole rings is 1. The lowest BCUT2D eigenvalue weighted by Gasteiger charge is -2.49. The first-order valence-corrected chi connectivity index (χ1v) is 13.1. The molecule has 5 rings (SSSR count). The Kier molecular flexibility index (Phi) is 6.73. The van der Waals surface area contributed by atoms with Gasteiger partial charge in [-0.25, -0.2) is 9.78 Å².